The lowest BCUT2D eigenvalue weighted by Crippen LogP contribution is -2.05. The maximum absolute atomic E-state index is 6.00. The van der Waals surface area contributed by atoms with Crippen molar-refractivity contribution in [3.05, 3.63) is 94.0 Å². The molecule has 0 saturated heterocycles. The normalized spacial score (nSPS) is 11.7. The Bertz CT molecular complexity index is 974. The molecular weight excluding hydrogens is 413 g/mol. The summed E-state index contributed by atoms with van der Waals surface area (Å²) in [6.45, 7) is 0. The van der Waals surface area contributed by atoms with Crippen LogP contribution in [0, 0.1) is 0 Å². The number of nitrogens with zero attached hydrogens (tertiary/aromatic N) is 2. The van der Waals surface area contributed by atoms with Crippen molar-refractivity contribution in [1.29, 1.82) is 0 Å². The van der Waals surface area contributed by atoms with E-state index in [2.05, 4.69) is 10.2 Å². The first-order valence-electron chi connectivity index (χ1n) is 8.36. The summed E-state index contributed by atoms with van der Waals surface area (Å²) in [5.74, 6) is 1.95. The van der Waals surface area contributed by atoms with Gasteiger partial charge >= 0.3 is 0 Å². The van der Waals surface area contributed by atoms with Crippen molar-refractivity contribution in [1.82, 2.24) is 0 Å². The summed E-state index contributed by atoms with van der Waals surface area (Å²) in [6.07, 6.45) is 1.62. The molecule has 0 spiro atoms. The summed E-state index contributed by atoms with van der Waals surface area (Å²) >= 11 is 13.4. The maximum atomic E-state index is 6.00. The molecule has 0 aliphatic carbocycles. The average molecular weight is 430 g/mol. The zero-order valence-electron chi connectivity index (χ0n) is 14.8. The topological polar surface area (TPSA) is 60.0 Å². The average Bonchev–Trinajstić information content (AvgIpc) is 2.67. The standard InChI is InChI=1S/C21H17Cl2N3OS/c22-17-10-18(23)12-20(11-17)27-19-8-4-7-16(9-19)13-25-26-21(24)28-14-15-5-2-1-3-6-15/h1-13H,14H2,(H2,24,26). The number of nitrogens with two attached hydrogens (primary N) is 1. The minimum atomic E-state index is 0.404. The van der Waals surface area contributed by atoms with Crippen LogP contribution in [0.3, 0.4) is 0 Å². The van der Waals surface area contributed by atoms with Gasteiger partial charge in [-0.3, -0.25) is 0 Å². The smallest absolute Gasteiger partial charge is 0.180 e. The van der Waals surface area contributed by atoms with Gasteiger partial charge in [-0.15, -0.1) is 5.10 Å². The van der Waals surface area contributed by atoms with E-state index in [9.17, 15) is 0 Å². The summed E-state index contributed by atoms with van der Waals surface area (Å²) in [5, 5.41) is 9.50. The van der Waals surface area contributed by atoms with E-state index in [0.29, 0.717) is 26.7 Å². The third kappa shape index (κ3) is 6.60. The van der Waals surface area contributed by atoms with Crippen LogP contribution in [0.5, 0.6) is 11.5 Å². The van der Waals surface area contributed by atoms with Crippen LogP contribution in [0.25, 0.3) is 0 Å². The third-order valence-corrected chi connectivity index (χ3v) is 4.81. The second kappa shape index (κ2) is 10.2. The highest BCUT2D eigenvalue weighted by atomic mass is 35.5. The van der Waals surface area contributed by atoms with E-state index in [-0.39, 0.29) is 0 Å². The zero-order chi connectivity index (χ0) is 19.8. The van der Waals surface area contributed by atoms with Gasteiger partial charge in [-0.2, -0.15) is 5.10 Å². The second-order valence-corrected chi connectivity index (χ2v) is 7.61. The highest BCUT2D eigenvalue weighted by Crippen LogP contribution is 2.28. The molecule has 3 aromatic rings. The first-order chi connectivity index (χ1) is 13.6. The van der Waals surface area contributed by atoms with Crippen molar-refractivity contribution < 1.29 is 4.74 Å². The number of benzene rings is 3. The van der Waals surface area contributed by atoms with Crippen molar-refractivity contribution >= 4 is 46.3 Å². The molecule has 3 aromatic carbocycles. The minimum absolute atomic E-state index is 0.404. The van der Waals surface area contributed by atoms with Crippen molar-refractivity contribution in [2.75, 3.05) is 0 Å². The molecule has 7 heteroatoms. The fourth-order valence-electron chi connectivity index (χ4n) is 2.29. The Labute approximate surface area is 178 Å². The van der Waals surface area contributed by atoms with E-state index in [1.54, 1.807) is 24.4 Å². The van der Waals surface area contributed by atoms with E-state index in [1.165, 1.54) is 17.3 Å². The number of thioether (sulfide) groups is 1. The lowest BCUT2D eigenvalue weighted by molar-refractivity contribution is 0.482. The van der Waals surface area contributed by atoms with Gasteiger partial charge in [0, 0.05) is 15.8 Å². The summed E-state index contributed by atoms with van der Waals surface area (Å²) in [7, 11) is 0. The first kappa shape index (κ1) is 20.3. The Morgan fingerprint density at radius 3 is 2.43 bits per heavy atom. The molecule has 0 unspecified atom stereocenters. The van der Waals surface area contributed by atoms with Crippen molar-refractivity contribution in [3.63, 3.8) is 0 Å². The number of hydrogen-bond acceptors (Lipinski definition) is 4. The molecule has 0 aromatic heterocycles. The highest BCUT2D eigenvalue weighted by Gasteiger charge is 2.02. The van der Waals surface area contributed by atoms with Gasteiger partial charge in [-0.05, 0) is 41.5 Å². The Hall–Kier alpha value is -2.47. The van der Waals surface area contributed by atoms with Gasteiger partial charge in [-0.25, -0.2) is 0 Å². The van der Waals surface area contributed by atoms with Crippen LogP contribution >= 0.6 is 35.0 Å². The lowest BCUT2D eigenvalue weighted by atomic mass is 10.2. The SMILES string of the molecule is NC(=NN=Cc1cccc(Oc2cc(Cl)cc(Cl)c2)c1)SCc1ccccc1. The maximum Gasteiger partial charge on any atom is 0.180 e. The predicted octanol–water partition coefficient (Wildman–Crippen LogP) is 6.37. The Balaban J connectivity index is 1.60. The quantitative estimate of drug-likeness (QED) is 0.281. The zero-order valence-corrected chi connectivity index (χ0v) is 17.1. The Morgan fingerprint density at radius 1 is 0.929 bits per heavy atom. The summed E-state index contributed by atoms with van der Waals surface area (Å²) < 4.78 is 5.80. The number of rotatable bonds is 6. The molecule has 0 fully saturated rings. The molecule has 2 N–H and O–H groups in total. The molecule has 28 heavy (non-hydrogen) atoms. The number of halogens is 2. The van der Waals surface area contributed by atoms with Gasteiger partial charge in [0.2, 0.25) is 0 Å². The molecule has 3 rings (SSSR count). The van der Waals surface area contributed by atoms with Crippen LogP contribution in [-0.4, -0.2) is 11.4 Å². The molecule has 0 radical (unpaired) electrons. The van der Waals surface area contributed by atoms with Gasteiger partial charge in [0.15, 0.2) is 5.17 Å². The molecule has 0 heterocycles. The van der Waals surface area contributed by atoms with Gasteiger partial charge in [0.25, 0.3) is 0 Å². The largest absolute Gasteiger partial charge is 0.457 e. The van der Waals surface area contributed by atoms with Crippen molar-refractivity contribution in [2.24, 2.45) is 15.9 Å². The fraction of sp³-hybridized carbons (Fsp3) is 0.0476. The van der Waals surface area contributed by atoms with Crippen LogP contribution in [-0.2, 0) is 5.75 Å². The molecule has 0 aliphatic heterocycles. The Kier molecular flexibility index (Phi) is 7.37. The third-order valence-electron chi connectivity index (χ3n) is 3.52. The number of ether oxygens (including phenoxy) is 1. The van der Waals surface area contributed by atoms with Crippen LogP contribution in [0.2, 0.25) is 10.0 Å². The lowest BCUT2D eigenvalue weighted by Gasteiger charge is -2.07. The highest BCUT2D eigenvalue weighted by molar-refractivity contribution is 8.13. The molecule has 0 atom stereocenters. The molecule has 4 nitrogen and oxygen atoms in total. The Morgan fingerprint density at radius 2 is 1.68 bits per heavy atom. The van der Waals surface area contributed by atoms with Gasteiger partial charge in [-0.1, -0.05) is 77.4 Å². The van der Waals surface area contributed by atoms with Crippen LogP contribution < -0.4 is 10.5 Å². The predicted molar refractivity (Wildman–Crippen MR) is 120 cm³/mol. The van der Waals surface area contributed by atoms with E-state index < -0.39 is 0 Å². The summed E-state index contributed by atoms with van der Waals surface area (Å²) in [6, 6.07) is 22.5. The van der Waals surface area contributed by atoms with Crippen molar-refractivity contribution in [3.8, 4) is 11.5 Å². The van der Waals surface area contributed by atoms with E-state index in [0.717, 1.165) is 11.3 Å². The molecule has 0 bridgehead atoms. The molecule has 0 aliphatic rings. The van der Waals surface area contributed by atoms with Crippen LogP contribution in [0.1, 0.15) is 11.1 Å². The van der Waals surface area contributed by atoms with E-state index in [4.69, 9.17) is 33.7 Å². The summed E-state index contributed by atoms with van der Waals surface area (Å²) in [5.41, 5.74) is 7.91. The van der Waals surface area contributed by atoms with Crippen molar-refractivity contribution in [2.45, 2.75) is 5.75 Å². The fourth-order valence-corrected chi connectivity index (χ4v) is 3.41. The molecule has 0 amide bonds. The summed E-state index contributed by atoms with van der Waals surface area (Å²) in [4.78, 5) is 0. The monoisotopic (exact) mass is 429 g/mol. The number of hydrogen-bond donors (Lipinski definition) is 1. The molecule has 0 saturated carbocycles. The number of amidine groups is 1. The van der Waals surface area contributed by atoms with Crippen LogP contribution in [0.15, 0.2) is 83.0 Å². The molecular formula is C21H17Cl2N3OS. The first-order valence-corrected chi connectivity index (χ1v) is 10.1. The van der Waals surface area contributed by atoms with Crippen LogP contribution in [0.4, 0.5) is 0 Å². The van der Waals surface area contributed by atoms with Gasteiger partial charge in [0.1, 0.15) is 11.5 Å². The molecule has 142 valence electrons. The van der Waals surface area contributed by atoms with E-state index in [1.807, 2.05) is 54.6 Å². The van der Waals surface area contributed by atoms with Gasteiger partial charge in [0.05, 0.1) is 6.21 Å². The minimum Gasteiger partial charge on any atom is -0.457 e. The van der Waals surface area contributed by atoms with E-state index >= 15 is 0 Å². The van der Waals surface area contributed by atoms with Gasteiger partial charge < -0.3 is 10.5 Å². The second-order valence-electron chi connectivity index (χ2n) is 5.74.